The highest BCUT2D eigenvalue weighted by Gasteiger charge is 2.40. The van der Waals surface area contributed by atoms with E-state index in [1.807, 2.05) is 6.92 Å². The summed E-state index contributed by atoms with van der Waals surface area (Å²) in [6.07, 6.45) is 0.818. The lowest BCUT2D eigenvalue weighted by molar-refractivity contribution is -0.128. The highest BCUT2D eigenvalue weighted by Crippen LogP contribution is 2.37. The molecule has 0 aromatic heterocycles. The Morgan fingerprint density at radius 1 is 1.47 bits per heavy atom. The molecule has 0 aromatic rings. The predicted octanol–water partition coefficient (Wildman–Crippen LogP) is 2.67. The molecule has 4 nitrogen and oxygen atoms in total. The molecule has 1 amide bonds. The van der Waals surface area contributed by atoms with E-state index in [1.54, 1.807) is 0 Å². The van der Waals surface area contributed by atoms with Crippen LogP contribution in [0.1, 0.15) is 34.1 Å². The van der Waals surface area contributed by atoms with Crippen molar-refractivity contribution in [3.8, 4) is 6.07 Å². The first-order valence-corrected chi connectivity index (χ1v) is 9.83. The van der Waals surface area contributed by atoms with Crippen LogP contribution in [0.3, 0.4) is 0 Å². The summed E-state index contributed by atoms with van der Waals surface area (Å²) in [5.41, 5.74) is 0. The third kappa shape index (κ3) is 3.80. The quantitative estimate of drug-likeness (QED) is 0.810. The van der Waals surface area contributed by atoms with Crippen LogP contribution in [0.2, 0.25) is 18.1 Å². The second kappa shape index (κ2) is 5.64. The van der Waals surface area contributed by atoms with E-state index in [1.165, 1.54) is 0 Å². The average Bonchev–Trinajstić information content (AvgIpc) is 2.24. The Morgan fingerprint density at radius 2 is 2.05 bits per heavy atom. The third-order valence-corrected chi connectivity index (χ3v) is 8.90. The number of amides is 1. The van der Waals surface area contributed by atoms with Gasteiger partial charge in [-0.15, -0.1) is 0 Å². The SMILES string of the molecule is CC1CC(CO[Si](C)(C)C(C)(C)C)C(C#N)C(=O)N1. The van der Waals surface area contributed by atoms with Crippen LogP contribution in [0.4, 0.5) is 0 Å². The van der Waals surface area contributed by atoms with Crippen molar-refractivity contribution in [1.29, 1.82) is 5.26 Å². The number of nitriles is 1. The van der Waals surface area contributed by atoms with Crippen molar-refractivity contribution in [3.63, 3.8) is 0 Å². The molecule has 0 bridgehead atoms. The van der Waals surface area contributed by atoms with E-state index in [2.05, 4.69) is 45.3 Å². The minimum atomic E-state index is -1.82. The van der Waals surface area contributed by atoms with Gasteiger partial charge in [-0.1, -0.05) is 20.8 Å². The fourth-order valence-corrected chi connectivity index (χ4v) is 3.12. The fraction of sp³-hybridized carbons (Fsp3) is 0.857. The van der Waals surface area contributed by atoms with Crippen molar-refractivity contribution in [1.82, 2.24) is 5.32 Å². The molecule has 108 valence electrons. The van der Waals surface area contributed by atoms with Crippen molar-refractivity contribution < 1.29 is 9.22 Å². The molecule has 0 spiro atoms. The van der Waals surface area contributed by atoms with Gasteiger partial charge in [0.1, 0.15) is 5.92 Å². The number of nitrogens with zero attached hydrogens (tertiary/aromatic N) is 1. The Labute approximate surface area is 117 Å². The lowest BCUT2D eigenvalue weighted by Gasteiger charge is -2.39. The first-order chi connectivity index (χ1) is 8.58. The molecular formula is C14H26N2O2Si. The molecule has 1 aliphatic rings. The van der Waals surface area contributed by atoms with Crippen molar-refractivity contribution in [2.75, 3.05) is 6.61 Å². The standard InChI is InChI=1S/C14H26N2O2Si/c1-10-7-11(12(8-15)13(17)16-10)9-18-19(5,6)14(2,3)4/h10-12H,7,9H2,1-6H3,(H,16,17). The Kier molecular flexibility index (Phi) is 4.80. The molecule has 1 N–H and O–H groups in total. The Balaban J connectivity index is 2.70. The summed E-state index contributed by atoms with van der Waals surface area (Å²) in [5, 5.41) is 12.1. The fourth-order valence-electron chi connectivity index (χ4n) is 2.06. The van der Waals surface area contributed by atoms with E-state index in [0.29, 0.717) is 6.61 Å². The maximum atomic E-state index is 11.8. The van der Waals surface area contributed by atoms with Crippen LogP contribution in [0.25, 0.3) is 0 Å². The molecule has 1 fully saturated rings. The van der Waals surface area contributed by atoms with Crippen LogP contribution in [0, 0.1) is 23.2 Å². The molecule has 3 unspecified atom stereocenters. The van der Waals surface area contributed by atoms with Gasteiger partial charge in [0.25, 0.3) is 0 Å². The number of rotatable bonds is 3. The Morgan fingerprint density at radius 3 is 2.53 bits per heavy atom. The van der Waals surface area contributed by atoms with Gasteiger partial charge >= 0.3 is 0 Å². The summed E-state index contributed by atoms with van der Waals surface area (Å²) in [7, 11) is -1.82. The largest absolute Gasteiger partial charge is 0.416 e. The zero-order chi connectivity index (χ0) is 14.8. The van der Waals surface area contributed by atoms with Gasteiger partial charge in [-0.3, -0.25) is 4.79 Å². The van der Waals surface area contributed by atoms with Gasteiger partial charge in [0.15, 0.2) is 8.32 Å². The molecule has 0 aromatic carbocycles. The molecule has 0 radical (unpaired) electrons. The first kappa shape index (κ1) is 16.2. The van der Waals surface area contributed by atoms with Crippen LogP contribution < -0.4 is 5.32 Å². The number of piperidine rings is 1. The van der Waals surface area contributed by atoms with Gasteiger partial charge in [-0.05, 0) is 31.5 Å². The van der Waals surface area contributed by atoms with Gasteiger partial charge < -0.3 is 9.74 Å². The second-order valence-electron chi connectivity index (χ2n) is 7.08. The van der Waals surface area contributed by atoms with E-state index in [-0.39, 0.29) is 22.9 Å². The lowest BCUT2D eigenvalue weighted by atomic mass is 9.84. The highest BCUT2D eigenvalue weighted by atomic mass is 28.4. The molecule has 5 heteroatoms. The lowest BCUT2D eigenvalue weighted by Crippen LogP contribution is -2.50. The van der Waals surface area contributed by atoms with E-state index < -0.39 is 14.2 Å². The van der Waals surface area contributed by atoms with Crippen LogP contribution in [0.15, 0.2) is 0 Å². The molecule has 1 saturated heterocycles. The number of hydrogen-bond acceptors (Lipinski definition) is 3. The normalized spacial score (nSPS) is 28.7. The topological polar surface area (TPSA) is 62.1 Å². The van der Waals surface area contributed by atoms with E-state index in [9.17, 15) is 4.79 Å². The van der Waals surface area contributed by atoms with Gasteiger partial charge in [-0.25, -0.2) is 0 Å². The average molecular weight is 282 g/mol. The van der Waals surface area contributed by atoms with E-state index in [4.69, 9.17) is 9.69 Å². The van der Waals surface area contributed by atoms with E-state index >= 15 is 0 Å². The summed E-state index contributed by atoms with van der Waals surface area (Å²) < 4.78 is 6.17. The van der Waals surface area contributed by atoms with Gasteiger partial charge in [0.2, 0.25) is 5.91 Å². The number of carbonyl (C=O) groups is 1. The van der Waals surface area contributed by atoms with Crippen LogP contribution in [0.5, 0.6) is 0 Å². The molecule has 3 atom stereocenters. The number of carbonyl (C=O) groups excluding carboxylic acids is 1. The maximum absolute atomic E-state index is 11.8. The molecule has 1 aliphatic heterocycles. The molecule has 1 rings (SSSR count). The van der Waals surface area contributed by atoms with Gasteiger partial charge in [0, 0.05) is 18.6 Å². The van der Waals surface area contributed by atoms with Crippen molar-refractivity contribution in [2.45, 2.75) is 58.3 Å². The Hall–Kier alpha value is -0.863. The van der Waals surface area contributed by atoms with Crippen molar-refractivity contribution in [2.24, 2.45) is 11.8 Å². The molecule has 19 heavy (non-hydrogen) atoms. The summed E-state index contributed by atoms with van der Waals surface area (Å²) in [5.74, 6) is -0.700. The highest BCUT2D eigenvalue weighted by molar-refractivity contribution is 6.74. The predicted molar refractivity (Wildman–Crippen MR) is 78.0 cm³/mol. The minimum absolute atomic E-state index is 0.0166. The summed E-state index contributed by atoms with van der Waals surface area (Å²) in [6.45, 7) is 13.5. The monoisotopic (exact) mass is 282 g/mol. The zero-order valence-electron chi connectivity index (χ0n) is 12.9. The van der Waals surface area contributed by atoms with Crippen LogP contribution >= 0.6 is 0 Å². The second-order valence-corrected chi connectivity index (χ2v) is 11.9. The molecular weight excluding hydrogens is 256 g/mol. The minimum Gasteiger partial charge on any atom is -0.416 e. The number of hydrogen-bond donors (Lipinski definition) is 1. The molecule has 1 heterocycles. The van der Waals surface area contributed by atoms with Crippen molar-refractivity contribution in [3.05, 3.63) is 0 Å². The number of nitrogens with one attached hydrogen (secondary N) is 1. The van der Waals surface area contributed by atoms with E-state index in [0.717, 1.165) is 6.42 Å². The molecule has 0 aliphatic carbocycles. The van der Waals surface area contributed by atoms with Gasteiger partial charge in [0.05, 0.1) is 6.07 Å². The summed E-state index contributed by atoms with van der Waals surface area (Å²) in [4.78, 5) is 11.8. The summed E-state index contributed by atoms with van der Waals surface area (Å²) >= 11 is 0. The van der Waals surface area contributed by atoms with Crippen molar-refractivity contribution >= 4 is 14.2 Å². The third-order valence-electron chi connectivity index (χ3n) is 4.40. The van der Waals surface area contributed by atoms with Gasteiger partial charge in [-0.2, -0.15) is 5.26 Å². The summed E-state index contributed by atoms with van der Waals surface area (Å²) in [6, 6.07) is 2.25. The maximum Gasteiger partial charge on any atom is 0.237 e. The first-order valence-electron chi connectivity index (χ1n) is 6.92. The molecule has 0 saturated carbocycles. The van der Waals surface area contributed by atoms with Crippen LogP contribution in [-0.4, -0.2) is 26.9 Å². The smallest absolute Gasteiger partial charge is 0.237 e. The zero-order valence-corrected chi connectivity index (χ0v) is 13.9. The Bertz CT molecular complexity index is 382. The van der Waals surface area contributed by atoms with Crippen LogP contribution in [-0.2, 0) is 9.22 Å².